The van der Waals surface area contributed by atoms with Crippen molar-refractivity contribution in [2.24, 2.45) is 5.41 Å². The van der Waals surface area contributed by atoms with Gasteiger partial charge in [0.1, 0.15) is 13.2 Å². The Labute approximate surface area is 91.6 Å². The summed E-state index contributed by atoms with van der Waals surface area (Å²) >= 11 is 0. The molecule has 0 saturated carbocycles. The highest BCUT2D eigenvalue weighted by Gasteiger charge is 2.30. The lowest BCUT2D eigenvalue weighted by atomic mass is 9.85. The largest absolute Gasteiger partial charge is 0.550 e. The predicted molar refractivity (Wildman–Crippen MR) is 58.9 cm³/mol. The van der Waals surface area contributed by atoms with E-state index in [0.29, 0.717) is 19.8 Å². The van der Waals surface area contributed by atoms with Crippen molar-refractivity contribution in [1.29, 1.82) is 0 Å². The summed E-state index contributed by atoms with van der Waals surface area (Å²) in [6, 6.07) is 0. The Morgan fingerprint density at radius 3 is 2.60 bits per heavy atom. The topological polar surface area (TPSA) is 27.7 Å². The average Bonchev–Trinajstić information content (AvgIpc) is 2.20. The van der Waals surface area contributed by atoms with E-state index in [-0.39, 0.29) is 12.0 Å². The molecule has 4 heteroatoms. The summed E-state index contributed by atoms with van der Waals surface area (Å²) in [4.78, 5) is 0. The molecule has 0 amide bonds. The van der Waals surface area contributed by atoms with E-state index in [4.69, 9.17) is 20.5 Å². The summed E-state index contributed by atoms with van der Waals surface area (Å²) < 4.78 is 15.8. The van der Waals surface area contributed by atoms with Crippen LogP contribution >= 0.6 is 0 Å². The number of terminal acetylenes is 1. The SMILES string of the molecule is C#CCOCC#CB1OCC(C)(C)CO1. The van der Waals surface area contributed by atoms with Gasteiger partial charge in [-0.15, -0.1) is 6.42 Å². The molecule has 1 heterocycles. The van der Waals surface area contributed by atoms with Crippen molar-refractivity contribution in [3.05, 3.63) is 0 Å². The van der Waals surface area contributed by atoms with Gasteiger partial charge in [-0.2, -0.15) is 0 Å². The highest BCUT2D eigenvalue weighted by Crippen LogP contribution is 2.20. The summed E-state index contributed by atoms with van der Waals surface area (Å²) in [5.74, 6) is 7.99. The molecule has 1 aliphatic heterocycles. The maximum Gasteiger partial charge on any atom is 0.550 e. The first-order valence-corrected chi connectivity index (χ1v) is 4.87. The molecule has 0 unspecified atom stereocenters. The summed E-state index contributed by atoms with van der Waals surface area (Å²) in [6.45, 7) is 6.11. The number of ether oxygens (including phenoxy) is 1. The maximum atomic E-state index is 5.41. The summed E-state index contributed by atoms with van der Waals surface area (Å²) in [5.41, 5.74) is 0.0815. The summed E-state index contributed by atoms with van der Waals surface area (Å²) in [7, 11) is -0.424. The molecule has 1 aliphatic rings. The average molecular weight is 206 g/mol. The second kappa shape index (κ2) is 5.83. The molecule has 0 aromatic heterocycles. The Bertz CT molecular complexity index is 285. The Morgan fingerprint density at radius 2 is 2.00 bits per heavy atom. The van der Waals surface area contributed by atoms with Gasteiger partial charge in [-0.05, 0) is 0 Å². The fourth-order valence-electron chi connectivity index (χ4n) is 1.06. The van der Waals surface area contributed by atoms with Crippen molar-refractivity contribution in [3.63, 3.8) is 0 Å². The second-order valence-electron chi connectivity index (χ2n) is 4.14. The first-order chi connectivity index (χ1) is 7.14. The lowest BCUT2D eigenvalue weighted by molar-refractivity contribution is 0.0347. The van der Waals surface area contributed by atoms with Gasteiger partial charge in [-0.1, -0.05) is 31.5 Å². The van der Waals surface area contributed by atoms with Crippen LogP contribution in [0.25, 0.3) is 0 Å². The molecule has 1 saturated heterocycles. The molecule has 0 aromatic rings. The van der Waals surface area contributed by atoms with Crippen molar-refractivity contribution < 1.29 is 14.0 Å². The monoisotopic (exact) mass is 206 g/mol. The highest BCUT2D eigenvalue weighted by molar-refractivity contribution is 6.54. The molecule has 1 rings (SSSR count). The van der Waals surface area contributed by atoms with Gasteiger partial charge in [0.15, 0.2) is 0 Å². The van der Waals surface area contributed by atoms with Gasteiger partial charge in [0.05, 0.1) is 0 Å². The number of hydrogen-bond donors (Lipinski definition) is 0. The number of hydrogen-bond acceptors (Lipinski definition) is 3. The summed E-state index contributed by atoms with van der Waals surface area (Å²) in [5, 5.41) is 0. The van der Waals surface area contributed by atoms with Gasteiger partial charge < -0.3 is 14.0 Å². The molecule has 3 nitrogen and oxygen atoms in total. The maximum absolute atomic E-state index is 5.41. The zero-order valence-corrected chi connectivity index (χ0v) is 9.21. The van der Waals surface area contributed by atoms with Crippen LogP contribution in [-0.2, 0) is 14.0 Å². The molecule has 0 N–H and O–H groups in total. The lowest BCUT2D eigenvalue weighted by Gasteiger charge is -2.31. The fourth-order valence-corrected chi connectivity index (χ4v) is 1.06. The van der Waals surface area contributed by atoms with E-state index in [1.54, 1.807) is 0 Å². The molecule has 0 spiro atoms. The zero-order valence-electron chi connectivity index (χ0n) is 9.21. The Kier molecular flexibility index (Phi) is 4.71. The molecule has 0 radical (unpaired) electrons. The Morgan fingerprint density at radius 1 is 1.33 bits per heavy atom. The molecular formula is C11H15BO3. The van der Waals surface area contributed by atoms with Crippen LogP contribution in [-0.4, -0.2) is 33.5 Å². The molecule has 0 aliphatic carbocycles. The standard InChI is InChI=1S/C11H15BO3/c1-4-7-13-8-5-6-12-14-9-11(2,3)10-15-12/h1H,7-10H2,2-3H3. The van der Waals surface area contributed by atoms with Crippen LogP contribution in [0.1, 0.15) is 13.8 Å². The normalized spacial score (nSPS) is 18.9. The van der Waals surface area contributed by atoms with Crippen molar-refractivity contribution in [1.82, 2.24) is 0 Å². The van der Waals surface area contributed by atoms with Gasteiger partial charge in [-0.3, -0.25) is 0 Å². The second-order valence-corrected chi connectivity index (χ2v) is 4.14. The van der Waals surface area contributed by atoms with E-state index in [0.717, 1.165) is 0 Å². The van der Waals surface area contributed by atoms with Crippen LogP contribution in [0.5, 0.6) is 0 Å². The molecule has 80 valence electrons. The lowest BCUT2D eigenvalue weighted by Crippen LogP contribution is -2.40. The van der Waals surface area contributed by atoms with Crippen molar-refractivity contribution in [2.45, 2.75) is 13.8 Å². The van der Waals surface area contributed by atoms with E-state index in [1.165, 1.54) is 0 Å². The van der Waals surface area contributed by atoms with Crippen LogP contribution in [0.15, 0.2) is 0 Å². The van der Waals surface area contributed by atoms with E-state index in [9.17, 15) is 0 Å². The highest BCUT2D eigenvalue weighted by atomic mass is 16.6. The van der Waals surface area contributed by atoms with Crippen LogP contribution in [0.4, 0.5) is 0 Å². The molecule has 0 aromatic carbocycles. The minimum atomic E-state index is -0.424. The third kappa shape index (κ3) is 4.90. The Balaban J connectivity index is 2.21. The van der Waals surface area contributed by atoms with E-state index in [2.05, 4.69) is 31.5 Å². The van der Waals surface area contributed by atoms with Gasteiger partial charge in [0.25, 0.3) is 0 Å². The first-order valence-electron chi connectivity index (χ1n) is 4.87. The van der Waals surface area contributed by atoms with Crippen molar-refractivity contribution in [3.8, 4) is 24.1 Å². The minimum absolute atomic E-state index is 0.0815. The van der Waals surface area contributed by atoms with Crippen molar-refractivity contribution >= 4 is 7.12 Å². The predicted octanol–water partition coefficient (Wildman–Crippen LogP) is 0.740. The van der Waals surface area contributed by atoms with E-state index >= 15 is 0 Å². The van der Waals surface area contributed by atoms with Crippen LogP contribution < -0.4 is 0 Å². The van der Waals surface area contributed by atoms with Gasteiger partial charge in [0, 0.05) is 18.6 Å². The summed E-state index contributed by atoms with van der Waals surface area (Å²) in [6.07, 6.45) is 5.01. The Hall–Kier alpha value is -0.935. The van der Waals surface area contributed by atoms with Crippen LogP contribution in [0.3, 0.4) is 0 Å². The van der Waals surface area contributed by atoms with Crippen LogP contribution in [0.2, 0.25) is 0 Å². The zero-order chi connectivity index (χ0) is 11.1. The van der Waals surface area contributed by atoms with Gasteiger partial charge in [-0.25, -0.2) is 0 Å². The molecule has 0 bridgehead atoms. The smallest absolute Gasteiger partial charge is 0.400 e. The van der Waals surface area contributed by atoms with Gasteiger partial charge >= 0.3 is 7.12 Å². The molecule has 1 fully saturated rings. The molecule has 15 heavy (non-hydrogen) atoms. The molecule has 0 atom stereocenters. The fraction of sp³-hybridized carbons (Fsp3) is 0.636. The minimum Gasteiger partial charge on any atom is -0.400 e. The van der Waals surface area contributed by atoms with Gasteiger partial charge in [0.2, 0.25) is 0 Å². The third-order valence-corrected chi connectivity index (χ3v) is 1.83. The quantitative estimate of drug-likeness (QED) is 0.379. The molecular weight excluding hydrogens is 191 g/mol. The third-order valence-electron chi connectivity index (χ3n) is 1.83. The van der Waals surface area contributed by atoms with Crippen molar-refractivity contribution in [2.75, 3.05) is 26.4 Å². The van der Waals surface area contributed by atoms with E-state index in [1.807, 2.05) is 0 Å². The van der Waals surface area contributed by atoms with E-state index < -0.39 is 7.12 Å². The van der Waals surface area contributed by atoms with Crippen LogP contribution in [0, 0.1) is 29.5 Å². The number of rotatable bonds is 2. The first kappa shape index (κ1) is 12.1.